The average Bonchev–Trinajstić information content (AvgIpc) is 2.72. The smallest absolute Gasteiger partial charge is 0.258 e. The van der Waals surface area contributed by atoms with Crippen LogP contribution in [0.15, 0.2) is 18.2 Å². The number of piperidine rings is 1. The van der Waals surface area contributed by atoms with E-state index in [9.17, 15) is 9.59 Å². The summed E-state index contributed by atoms with van der Waals surface area (Å²) in [4.78, 5) is 30.0. The van der Waals surface area contributed by atoms with E-state index in [0.29, 0.717) is 17.9 Å². The molecule has 0 saturated carbocycles. The van der Waals surface area contributed by atoms with E-state index in [2.05, 4.69) is 17.3 Å². The lowest BCUT2D eigenvalue weighted by Crippen LogP contribution is -2.57. The van der Waals surface area contributed by atoms with Crippen molar-refractivity contribution in [2.24, 2.45) is 0 Å². The maximum absolute atomic E-state index is 13.4. The van der Waals surface area contributed by atoms with Gasteiger partial charge >= 0.3 is 0 Å². The number of amides is 2. The number of benzene rings is 1. The fourth-order valence-electron chi connectivity index (χ4n) is 3.85. The molecule has 1 atom stereocenters. The molecule has 0 bridgehead atoms. The van der Waals surface area contributed by atoms with Gasteiger partial charge in [0.25, 0.3) is 5.91 Å². The van der Waals surface area contributed by atoms with Gasteiger partial charge in [0, 0.05) is 32.0 Å². The summed E-state index contributed by atoms with van der Waals surface area (Å²) in [5.74, 6) is 0.377. The van der Waals surface area contributed by atoms with E-state index in [0.717, 1.165) is 31.5 Å². The third-order valence-electron chi connectivity index (χ3n) is 5.59. The molecular weight excluding hydrogens is 342 g/mol. The van der Waals surface area contributed by atoms with Gasteiger partial charge in [0.1, 0.15) is 17.4 Å². The van der Waals surface area contributed by atoms with Crippen LogP contribution in [0.3, 0.4) is 0 Å². The monoisotopic (exact) mass is 373 g/mol. The molecule has 0 unspecified atom stereocenters. The predicted octanol–water partition coefficient (Wildman–Crippen LogP) is 2.21. The fourth-order valence-corrected chi connectivity index (χ4v) is 3.85. The summed E-state index contributed by atoms with van der Waals surface area (Å²) in [5.41, 5.74) is 1.11. The van der Waals surface area contributed by atoms with Crippen LogP contribution < -0.4 is 10.1 Å². The minimum absolute atomic E-state index is 0.0325. The molecule has 27 heavy (non-hydrogen) atoms. The van der Waals surface area contributed by atoms with E-state index in [-0.39, 0.29) is 17.9 Å². The molecule has 2 aliphatic heterocycles. The molecule has 1 aromatic rings. The molecule has 1 saturated heterocycles. The normalized spacial score (nSPS) is 20.8. The molecule has 0 aromatic heterocycles. The molecule has 0 aliphatic carbocycles. The Hall–Kier alpha value is -2.08. The number of hydrogen-bond acceptors (Lipinski definition) is 4. The van der Waals surface area contributed by atoms with E-state index in [4.69, 9.17) is 4.74 Å². The molecule has 3 rings (SSSR count). The SMILES string of the molecule is Cc1ccc2c(c1)C(=O)N([C@@H](C)C(=O)NC(C)C)CC1(CCN(C)CC1)O2. The number of aryl methyl sites for hydroxylation is 1. The van der Waals surface area contributed by atoms with Gasteiger partial charge in [-0.3, -0.25) is 9.59 Å². The fraction of sp³-hybridized carbons (Fsp3) is 0.619. The topological polar surface area (TPSA) is 61.9 Å². The van der Waals surface area contributed by atoms with Crippen molar-refractivity contribution in [3.63, 3.8) is 0 Å². The summed E-state index contributed by atoms with van der Waals surface area (Å²) >= 11 is 0. The van der Waals surface area contributed by atoms with Gasteiger partial charge in [-0.1, -0.05) is 11.6 Å². The van der Waals surface area contributed by atoms with Crippen molar-refractivity contribution < 1.29 is 14.3 Å². The van der Waals surface area contributed by atoms with Crippen LogP contribution in [0.25, 0.3) is 0 Å². The summed E-state index contributed by atoms with van der Waals surface area (Å²) in [5, 5.41) is 2.93. The quantitative estimate of drug-likeness (QED) is 0.882. The number of carbonyl (C=O) groups is 2. The average molecular weight is 373 g/mol. The maximum Gasteiger partial charge on any atom is 0.258 e. The second-order valence-electron chi connectivity index (χ2n) is 8.36. The van der Waals surface area contributed by atoms with Crippen molar-refractivity contribution in [3.05, 3.63) is 29.3 Å². The number of nitrogens with zero attached hydrogens (tertiary/aromatic N) is 2. The van der Waals surface area contributed by atoms with Crippen molar-refractivity contribution in [1.82, 2.24) is 15.1 Å². The number of nitrogens with one attached hydrogen (secondary N) is 1. The van der Waals surface area contributed by atoms with E-state index >= 15 is 0 Å². The summed E-state index contributed by atoms with van der Waals surface area (Å²) in [6, 6.07) is 5.22. The Kier molecular flexibility index (Phi) is 5.47. The van der Waals surface area contributed by atoms with E-state index in [1.165, 1.54) is 0 Å². The molecule has 2 heterocycles. The Morgan fingerprint density at radius 2 is 1.89 bits per heavy atom. The van der Waals surface area contributed by atoms with E-state index in [1.54, 1.807) is 11.8 Å². The van der Waals surface area contributed by atoms with Crippen LogP contribution in [-0.4, -0.2) is 66.0 Å². The Bertz CT molecular complexity index is 723. The van der Waals surface area contributed by atoms with E-state index in [1.807, 2.05) is 39.0 Å². The van der Waals surface area contributed by atoms with E-state index < -0.39 is 11.6 Å². The Labute approximate surface area is 161 Å². The Balaban J connectivity index is 1.98. The van der Waals surface area contributed by atoms with Crippen LogP contribution in [0.4, 0.5) is 0 Å². The van der Waals surface area contributed by atoms with Crippen LogP contribution in [-0.2, 0) is 4.79 Å². The molecule has 2 aliphatic rings. The highest BCUT2D eigenvalue weighted by atomic mass is 16.5. The molecule has 6 heteroatoms. The van der Waals surface area contributed by atoms with Gasteiger partial charge in [-0.25, -0.2) is 0 Å². The molecule has 1 spiro atoms. The number of likely N-dealkylation sites (tertiary alicyclic amines) is 1. The second kappa shape index (κ2) is 7.50. The van der Waals surface area contributed by atoms with Crippen LogP contribution in [0.2, 0.25) is 0 Å². The minimum Gasteiger partial charge on any atom is -0.484 e. The first kappa shape index (κ1) is 19.7. The third-order valence-corrected chi connectivity index (χ3v) is 5.59. The first-order valence-electron chi connectivity index (χ1n) is 9.80. The van der Waals surface area contributed by atoms with Crippen molar-refractivity contribution in [1.29, 1.82) is 0 Å². The lowest BCUT2D eigenvalue weighted by atomic mass is 9.90. The first-order valence-corrected chi connectivity index (χ1v) is 9.80. The standard InChI is InChI=1S/C21H31N3O3/c1-14(2)22-19(25)16(4)24-13-21(8-10-23(5)11-9-21)27-18-7-6-15(3)12-17(18)20(24)26/h6-7,12,14,16H,8-11,13H2,1-5H3,(H,22,25)/t16-/m0/s1. The van der Waals surface area contributed by atoms with Gasteiger partial charge in [-0.05, 0) is 46.9 Å². The van der Waals surface area contributed by atoms with Gasteiger partial charge in [-0.2, -0.15) is 0 Å². The number of hydrogen-bond donors (Lipinski definition) is 1. The van der Waals surface area contributed by atoms with Crippen LogP contribution in [0, 0.1) is 6.92 Å². The zero-order valence-electron chi connectivity index (χ0n) is 17.0. The Morgan fingerprint density at radius 1 is 1.22 bits per heavy atom. The summed E-state index contributed by atoms with van der Waals surface area (Å²) in [6.45, 7) is 9.87. The number of rotatable bonds is 3. The van der Waals surface area contributed by atoms with Crippen LogP contribution in [0.1, 0.15) is 49.5 Å². The molecule has 1 aromatic carbocycles. The van der Waals surface area contributed by atoms with Gasteiger partial charge in [0.15, 0.2) is 0 Å². The first-order chi connectivity index (χ1) is 12.7. The van der Waals surface area contributed by atoms with Crippen molar-refractivity contribution in [2.75, 3.05) is 26.7 Å². The van der Waals surface area contributed by atoms with Crippen molar-refractivity contribution in [2.45, 2.75) is 58.2 Å². The molecule has 148 valence electrons. The lowest BCUT2D eigenvalue weighted by molar-refractivity contribution is -0.126. The highest BCUT2D eigenvalue weighted by Gasteiger charge is 2.44. The van der Waals surface area contributed by atoms with Crippen LogP contribution >= 0.6 is 0 Å². The zero-order chi connectivity index (χ0) is 19.8. The minimum atomic E-state index is -0.550. The molecule has 1 fully saturated rings. The van der Waals surface area contributed by atoms with Gasteiger partial charge in [-0.15, -0.1) is 0 Å². The molecular formula is C21H31N3O3. The number of carbonyl (C=O) groups excluding carboxylic acids is 2. The third kappa shape index (κ3) is 4.10. The largest absolute Gasteiger partial charge is 0.484 e. The lowest BCUT2D eigenvalue weighted by Gasteiger charge is -2.42. The molecule has 2 amide bonds. The number of fused-ring (bicyclic) bond motifs is 1. The Morgan fingerprint density at radius 3 is 2.52 bits per heavy atom. The maximum atomic E-state index is 13.4. The van der Waals surface area contributed by atoms with Crippen LogP contribution in [0.5, 0.6) is 5.75 Å². The van der Waals surface area contributed by atoms with Crippen molar-refractivity contribution >= 4 is 11.8 Å². The summed E-state index contributed by atoms with van der Waals surface area (Å²) < 4.78 is 6.48. The van der Waals surface area contributed by atoms with Crippen molar-refractivity contribution in [3.8, 4) is 5.75 Å². The zero-order valence-corrected chi connectivity index (χ0v) is 17.0. The van der Waals surface area contributed by atoms with Gasteiger partial charge < -0.3 is 19.9 Å². The summed E-state index contributed by atoms with van der Waals surface area (Å²) in [6.07, 6.45) is 1.66. The molecule has 1 N–H and O–H groups in total. The highest BCUT2D eigenvalue weighted by Crippen LogP contribution is 2.36. The molecule has 6 nitrogen and oxygen atoms in total. The molecule has 0 radical (unpaired) electrons. The highest BCUT2D eigenvalue weighted by molar-refractivity contribution is 6.00. The number of ether oxygens (including phenoxy) is 1. The van der Waals surface area contributed by atoms with Gasteiger partial charge in [0.2, 0.25) is 5.91 Å². The summed E-state index contributed by atoms with van der Waals surface area (Å²) in [7, 11) is 2.10. The van der Waals surface area contributed by atoms with Gasteiger partial charge in [0.05, 0.1) is 12.1 Å². The predicted molar refractivity (Wildman–Crippen MR) is 105 cm³/mol. The second-order valence-corrected chi connectivity index (χ2v) is 8.36.